The van der Waals surface area contributed by atoms with E-state index in [4.69, 9.17) is 9.84 Å². The Bertz CT molecular complexity index is 415. The molecular formula is C11H17F3N4O2. The third-order valence-corrected chi connectivity index (χ3v) is 2.24. The van der Waals surface area contributed by atoms with E-state index in [1.54, 1.807) is 0 Å². The summed E-state index contributed by atoms with van der Waals surface area (Å²) in [6.45, 7) is 1.00. The summed E-state index contributed by atoms with van der Waals surface area (Å²) < 4.78 is 42.8. The van der Waals surface area contributed by atoms with E-state index in [2.05, 4.69) is 20.6 Å². The molecule has 6 nitrogen and oxygen atoms in total. The standard InChI is InChI=1S/C11H17F3N4O2/c1-15-8-7-9(16-3-2-5-20-6-4-19)18-10(17-8)11(12,13)14/h7,19H,2-6H2,1H3,(H2,15,16,17,18). The number of aliphatic hydroxyl groups is 1. The van der Waals surface area contributed by atoms with Gasteiger partial charge in [-0.15, -0.1) is 0 Å². The predicted octanol–water partition coefficient (Wildman–Crippen LogP) is 1.35. The molecule has 0 radical (unpaired) electrons. The van der Waals surface area contributed by atoms with Gasteiger partial charge in [-0.05, 0) is 6.42 Å². The molecule has 0 aliphatic carbocycles. The molecule has 0 fully saturated rings. The zero-order valence-electron chi connectivity index (χ0n) is 11.0. The van der Waals surface area contributed by atoms with Crippen molar-refractivity contribution in [2.75, 3.05) is 44.0 Å². The molecule has 0 aliphatic rings. The number of aliphatic hydroxyl groups excluding tert-OH is 1. The number of rotatable bonds is 8. The van der Waals surface area contributed by atoms with E-state index in [9.17, 15) is 13.2 Å². The second kappa shape index (κ2) is 7.85. The van der Waals surface area contributed by atoms with Gasteiger partial charge in [0.15, 0.2) is 0 Å². The summed E-state index contributed by atoms with van der Waals surface area (Å²) in [6, 6.07) is 1.39. The fourth-order valence-electron chi connectivity index (χ4n) is 1.35. The first-order valence-electron chi connectivity index (χ1n) is 6.04. The number of aromatic nitrogens is 2. The van der Waals surface area contributed by atoms with Gasteiger partial charge in [0.1, 0.15) is 11.6 Å². The van der Waals surface area contributed by atoms with Crippen molar-refractivity contribution < 1.29 is 23.0 Å². The molecule has 1 aromatic rings. The lowest BCUT2D eigenvalue weighted by atomic mass is 10.4. The summed E-state index contributed by atoms with van der Waals surface area (Å²) in [5, 5.41) is 13.8. The van der Waals surface area contributed by atoms with E-state index in [0.29, 0.717) is 19.6 Å². The predicted molar refractivity (Wildman–Crippen MR) is 67.6 cm³/mol. The SMILES string of the molecule is CNc1cc(NCCCOCCO)nc(C(F)(F)F)n1. The number of halogens is 3. The van der Waals surface area contributed by atoms with Crippen LogP contribution in [0.25, 0.3) is 0 Å². The van der Waals surface area contributed by atoms with E-state index in [1.165, 1.54) is 13.1 Å². The van der Waals surface area contributed by atoms with Gasteiger partial charge in [0, 0.05) is 26.3 Å². The molecule has 3 N–H and O–H groups in total. The first-order chi connectivity index (χ1) is 9.47. The first kappa shape index (κ1) is 16.4. The van der Waals surface area contributed by atoms with E-state index in [0.717, 1.165) is 0 Å². The van der Waals surface area contributed by atoms with Crippen LogP contribution in [0, 0.1) is 0 Å². The topological polar surface area (TPSA) is 79.3 Å². The fourth-order valence-corrected chi connectivity index (χ4v) is 1.35. The first-order valence-corrected chi connectivity index (χ1v) is 6.04. The van der Waals surface area contributed by atoms with Crippen LogP contribution >= 0.6 is 0 Å². The number of hydrogen-bond donors (Lipinski definition) is 3. The maximum absolute atomic E-state index is 12.6. The highest BCUT2D eigenvalue weighted by Gasteiger charge is 2.35. The Morgan fingerprint density at radius 1 is 1.25 bits per heavy atom. The molecule has 1 rings (SSSR count). The van der Waals surface area contributed by atoms with Gasteiger partial charge in [0.25, 0.3) is 0 Å². The zero-order valence-corrected chi connectivity index (χ0v) is 11.0. The Labute approximate surface area is 114 Å². The maximum atomic E-state index is 12.6. The number of nitrogens with zero attached hydrogens (tertiary/aromatic N) is 2. The number of nitrogens with one attached hydrogen (secondary N) is 2. The van der Waals surface area contributed by atoms with Gasteiger partial charge in [-0.1, -0.05) is 0 Å². The Kier molecular flexibility index (Phi) is 6.46. The van der Waals surface area contributed by atoms with Gasteiger partial charge in [0.05, 0.1) is 13.2 Å². The average Bonchev–Trinajstić information content (AvgIpc) is 2.41. The monoisotopic (exact) mass is 294 g/mol. The molecule has 0 saturated heterocycles. The van der Waals surface area contributed by atoms with Gasteiger partial charge in [-0.25, -0.2) is 9.97 Å². The van der Waals surface area contributed by atoms with Crippen molar-refractivity contribution in [3.05, 3.63) is 11.9 Å². The van der Waals surface area contributed by atoms with Crippen LogP contribution in [-0.4, -0.2) is 48.5 Å². The maximum Gasteiger partial charge on any atom is 0.451 e. The lowest BCUT2D eigenvalue weighted by molar-refractivity contribution is -0.144. The molecular weight excluding hydrogens is 277 g/mol. The Morgan fingerprint density at radius 3 is 2.55 bits per heavy atom. The Morgan fingerprint density at radius 2 is 1.95 bits per heavy atom. The number of anilines is 2. The highest BCUT2D eigenvalue weighted by atomic mass is 19.4. The van der Waals surface area contributed by atoms with Crippen molar-refractivity contribution in [1.29, 1.82) is 0 Å². The van der Waals surface area contributed by atoms with Gasteiger partial charge in [-0.2, -0.15) is 13.2 Å². The molecule has 114 valence electrons. The summed E-state index contributed by atoms with van der Waals surface area (Å²) >= 11 is 0. The number of alkyl halides is 3. The lowest BCUT2D eigenvalue weighted by Gasteiger charge is -2.11. The second-order valence-electron chi connectivity index (χ2n) is 3.83. The summed E-state index contributed by atoms with van der Waals surface area (Å²) in [6.07, 6.45) is -4.01. The third-order valence-electron chi connectivity index (χ3n) is 2.24. The summed E-state index contributed by atoms with van der Waals surface area (Å²) in [5.41, 5.74) is 0. The lowest BCUT2D eigenvalue weighted by Crippen LogP contribution is -2.15. The van der Waals surface area contributed by atoms with E-state index >= 15 is 0 Å². The molecule has 1 heterocycles. The van der Waals surface area contributed by atoms with Crippen molar-refractivity contribution in [2.45, 2.75) is 12.6 Å². The van der Waals surface area contributed by atoms with Gasteiger partial charge in [-0.3, -0.25) is 0 Å². The molecule has 9 heteroatoms. The molecule has 0 bridgehead atoms. The van der Waals surface area contributed by atoms with Gasteiger partial charge in [0.2, 0.25) is 5.82 Å². The van der Waals surface area contributed by atoms with Crippen LogP contribution < -0.4 is 10.6 Å². The molecule has 0 unspecified atom stereocenters. The largest absolute Gasteiger partial charge is 0.451 e. The van der Waals surface area contributed by atoms with Crippen molar-refractivity contribution in [3.8, 4) is 0 Å². The minimum Gasteiger partial charge on any atom is -0.394 e. The molecule has 0 saturated carbocycles. The van der Waals surface area contributed by atoms with E-state index in [-0.39, 0.29) is 24.8 Å². The van der Waals surface area contributed by atoms with Crippen molar-refractivity contribution >= 4 is 11.6 Å². The Hall–Kier alpha value is -1.61. The summed E-state index contributed by atoms with van der Waals surface area (Å²) in [7, 11) is 1.48. The smallest absolute Gasteiger partial charge is 0.394 e. The van der Waals surface area contributed by atoms with Gasteiger partial charge < -0.3 is 20.5 Å². The second-order valence-corrected chi connectivity index (χ2v) is 3.83. The summed E-state index contributed by atoms with van der Waals surface area (Å²) in [5.74, 6) is -1.01. The molecule has 0 aromatic carbocycles. The molecule has 0 aliphatic heterocycles. The highest BCUT2D eigenvalue weighted by Crippen LogP contribution is 2.28. The van der Waals surface area contributed by atoms with Crippen molar-refractivity contribution in [3.63, 3.8) is 0 Å². The van der Waals surface area contributed by atoms with E-state index < -0.39 is 12.0 Å². The third kappa shape index (κ3) is 5.57. The molecule has 0 atom stereocenters. The van der Waals surface area contributed by atoms with Crippen LogP contribution in [0.1, 0.15) is 12.2 Å². The molecule has 0 amide bonds. The van der Waals surface area contributed by atoms with Crippen molar-refractivity contribution in [2.24, 2.45) is 0 Å². The van der Waals surface area contributed by atoms with Crippen LogP contribution in [0.3, 0.4) is 0 Å². The van der Waals surface area contributed by atoms with Crippen LogP contribution in [0.2, 0.25) is 0 Å². The zero-order chi connectivity index (χ0) is 15.0. The normalized spacial score (nSPS) is 11.4. The quantitative estimate of drug-likeness (QED) is 0.628. The van der Waals surface area contributed by atoms with Crippen LogP contribution in [0.15, 0.2) is 6.07 Å². The average molecular weight is 294 g/mol. The van der Waals surface area contributed by atoms with Crippen LogP contribution in [0.5, 0.6) is 0 Å². The van der Waals surface area contributed by atoms with Crippen LogP contribution in [0.4, 0.5) is 24.8 Å². The summed E-state index contributed by atoms with van der Waals surface area (Å²) in [4.78, 5) is 6.77. The fraction of sp³-hybridized carbons (Fsp3) is 0.636. The minimum absolute atomic E-state index is 0.0557. The molecule has 0 spiro atoms. The molecule has 1 aromatic heterocycles. The number of ether oxygens (including phenoxy) is 1. The number of hydrogen-bond acceptors (Lipinski definition) is 6. The van der Waals surface area contributed by atoms with Crippen molar-refractivity contribution in [1.82, 2.24) is 9.97 Å². The van der Waals surface area contributed by atoms with Gasteiger partial charge >= 0.3 is 6.18 Å². The Balaban J connectivity index is 2.56. The highest BCUT2D eigenvalue weighted by molar-refractivity contribution is 5.47. The molecule has 20 heavy (non-hydrogen) atoms. The van der Waals surface area contributed by atoms with Crippen LogP contribution in [-0.2, 0) is 10.9 Å². The minimum atomic E-state index is -4.59. The van der Waals surface area contributed by atoms with E-state index in [1.807, 2.05) is 0 Å².